The maximum atomic E-state index is 4.96. The molecule has 4 heteroatoms. The van der Waals surface area contributed by atoms with Crippen molar-refractivity contribution in [3.8, 4) is 0 Å². The van der Waals surface area contributed by atoms with Crippen LogP contribution in [0.2, 0.25) is 0 Å². The van der Waals surface area contributed by atoms with Crippen molar-refractivity contribution < 1.29 is 0 Å². The van der Waals surface area contributed by atoms with Crippen LogP contribution in [0.5, 0.6) is 0 Å². The molecule has 0 aromatic heterocycles. The summed E-state index contributed by atoms with van der Waals surface area (Å²) in [4.78, 5) is 0. The summed E-state index contributed by atoms with van der Waals surface area (Å²) >= 11 is -0.972. The van der Waals surface area contributed by atoms with Crippen molar-refractivity contribution in [3.05, 3.63) is 0 Å². The fraction of sp³-hybridized carbons (Fsp3) is 0. The predicted octanol–water partition coefficient (Wildman–Crippen LogP) is 1.62. The molecule has 0 N–H and O–H groups in total. The Morgan fingerprint density at radius 3 is 1.25 bits per heavy atom. The van der Waals surface area contributed by atoms with Crippen LogP contribution in [0.4, 0.5) is 0 Å². The van der Waals surface area contributed by atoms with E-state index >= 15 is 0 Å². The molecule has 0 aliphatic rings. The zero-order chi connectivity index (χ0) is 2.71. The molecule has 0 aromatic rings. The van der Waals surface area contributed by atoms with Gasteiger partial charge in [0.1, 0.15) is 0 Å². The second-order valence-corrected chi connectivity index (χ2v) is 5.64. The van der Waals surface area contributed by atoms with Crippen molar-refractivity contribution in [3.63, 3.8) is 0 Å². The van der Waals surface area contributed by atoms with Crippen LogP contribution in [-0.2, 0) is 0 Å². The third kappa shape index (κ3) is 8.87. The van der Waals surface area contributed by atoms with Gasteiger partial charge in [0.25, 0.3) is 0 Å². The second-order valence-electron chi connectivity index (χ2n) is 0.0714. The number of halogens is 3. The van der Waals surface area contributed by atoms with Crippen LogP contribution in [0.15, 0.2) is 0 Å². The van der Waals surface area contributed by atoms with Crippen LogP contribution < -0.4 is 0 Å². The van der Waals surface area contributed by atoms with Crippen molar-refractivity contribution in [1.29, 1.82) is 0 Å². The molecule has 0 saturated carbocycles. The van der Waals surface area contributed by atoms with Crippen LogP contribution in [0, 0.1) is 0 Å². The molecule has 0 spiro atoms. The quantitative estimate of drug-likeness (QED) is 0.424. The van der Waals surface area contributed by atoms with Gasteiger partial charge in [0.05, 0.1) is 0 Å². The average Bonchev–Trinajstić information content (AvgIpc) is 0.918. The van der Waals surface area contributed by atoms with Gasteiger partial charge in [-0.05, 0) is 0 Å². The molecular weight excluding hydrogens is 405 g/mol. The summed E-state index contributed by atoms with van der Waals surface area (Å²) in [5.74, 6) is 0. The third-order valence-corrected chi connectivity index (χ3v) is 0. The molecule has 0 saturated heterocycles. The average molecular weight is 406 g/mol. The van der Waals surface area contributed by atoms with Gasteiger partial charge in [0.2, 0.25) is 0 Å². The Morgan fingerprint density at radius 2 is 1.25 bits per heavy atom. The van der Waals surface area contributed by atoms with Gasteiger partial charge in [-0.25, -0.2) is 0 Å². The topological polar surface area (TPSA) is 0 Å². The Morgan fingerprint density at radius 1 is 1.25 bits per heavy atom. The van der Waals surface area contributed by atoms with Gasteiger partial charge in [-0.1, -0.05) is 0 Å². The third-order valence-electron chi connectivity index (χ3n) is 0. The Kier molecular flexibility index (Phi) is 21.4. The van der Waals surface area contributed by atoms with E-state index in [-0.39, 0.29) is 24.0 Å². The molecule has 0 aliphatic carbocycles. The molecule has 0 nitrogen and oxygen atoms in total. The Balaban J connectivity index is 0. The molecule has 0 fully saturated rings. The molecule has 0 bridgehead atoms. The van der Waals surface area contributed by atoms with Crippen molar-refractivity contribution in [2.75, 3.05) is 0 Å². The minimum absolute atomic E-state index is 0. The minimum atomic E-state index is -0.972. The van der Waals surface area contributed by atoms with E-state index < -0.39 is 21.8 Å². The van der Waals surface area contributed by atoms with E-state index in [1.54, 1.807) is 0 Å². The molecule has 0 unspecified atom stereocenters. The van der Waals surface area contributed by atoms with Crippen LogP contribution in [-0.4, -0.2) is 21.8 Å². The van der Waals surface area contributed by atoms with Gasteiger partial charge in [0.15, 0.2) is 0 Å². The summed E-state index contributed by atoms with van der Waals surface area (Å²) in [6.45, 7) is 0. The van der Waals surface area contributed by atoms with Crippen LogP contribution in [0.1, 0.15) is 0 Å². The predicted molar refractivity (Wildman–Crippen MR) is 32.9 cm³/mol. The molecule has 0 heterocycles. The van der Waals surface area contributed by atoms with Crippen molar-refractivity contribution >= 4 is 62.4 Å². The van der Waals surface area contributed by atoms with Gasteiger partial charge in [-0.15, -0.1) is 24.0 Å². The van der Waals surface area contributed by atoms with Gasteiger partial charge < -0.3 is 0 Å². The molecule has 2 radical (unpaired) electrons. The van der Waals surface area contributed by atoms with E-state index in [1.807, 2.05) is 0 Å². The molecular formula is HCl2IPb. The monoisotopic (exact) mass is 406 g/mol. The SMILES string of the molecule is I.[Cl][Pb][Cl]. The molecule has 0 aliphatic heterocycles. The molecule has 4 heavy (non-hydrogen) atoms. The summed E-state index contributed by atoms with van der Waals surface area (Å²) < 4.78 is 0. The first-order valence-corrected chi connectivity index (χ1v) is 9.95. The first-order chi connectivity index (χ1) is 1.41. The molecule has 0 aromatic carbocycles. The van der Waals surface area contributed by atoms with Gasteiger partial charge in [-0.2, -0.15) is 0 Å². The molecule has 0 rings (SSSR count). The van der Waals surface area contributed by atoms with E-state index in [9.17, 15) is 0 Å². The fourth-order valence-electron chi connectivity index (χ4n) is 0. The van der Waals surface area contributed by atoms with E-state index in [0.717, 1.165) is 0 Å². The molecule has 0 amide bonds. The summed E-state index contributed by atoms with van der Waals surface area (Å²) in [5, 5.41) is 0. The van der Waals surface area contributed by atoms with E-state index in [4.69, 9.17) is 16.6 Å². The Bertz CT molecular complexity index is 6.00. The van der Waals surface area contributed by atoms with Crippen LogP contribution in [0.25, 0.3) is 0 Å². The van der Waals surface area contributed by atoms with Crippen molar-refractivity contribution in [2.45, 2.75) is 0 Å². The van der Waals surface area contributed by atoms with E-state index in [2.05, 4.69) is 0 Å². The summed E-state index contributed by atoms with van der Waals surface area (Å²) in [6.07, 6.45) is 0. The Labute approximate surface area is 61.4 Å². The van der Waals surface area contributed by atoms with Crippen LogP contribution in [0.3, 0.4) is 0 Å². The molecule has 0 atom stereocenters. The van der Waals surface area contributed by atoms with E-state index in [0.29, 0.717) is 0 Å². The normalized spacial score (nSPS) is 4.50. The first-order valence-electron chi connectivity index (χ1n) is 0.378. The zero-order valence-corrected chi connectivity index (χ0v) is 9.39. The van der Waals surface area contributed by atoms with Gasteiger partial charge in [-0.3, -0.25) is 0 Å². The van der Waals surface area contributed by atoms with E-state index in [1.165, 1.54) is 0 Å². The molecule has 26 valence electrons. The summed E-state index contributed by atoms with van der Waals surface area (Å²) in [6, 6.07) is 0. The summed E-state index contributed by atoms with van der Waals surface area (Å²) in [5.41, 5.74) is 0. The first kappa shape index (κ1) is 9.53. The number of rotatable bonds is 0. The Hall–Kier alpha value is 2.23. The van der Waals surface area contributed by atoms with Gasteiger partial charge in [0, 0.05) is 0 Å². The second kappa shape index (κ2) is 8.97. The number of hydrogen-bond donors (Lipinski definition) is 0. The van der Waals surface area contributed by atoms with Crippen molar-refractivity contribution in [1.82, 2.24) is 0 Å². The van der Waals surface area contributed by atoms with Crippen molar-refractivity contribution in [2.24, 2.45) is 0 Å². The maximum absolute atomic E-state index is 4.96. The zero-order valence-electron chi connectivity index (χ0n) is 1.66. The number of hydrogen-bond acceptors (Lipinski definition) is 0. The van der Waals surface area contributed by atoms with Crippen LogP contribution >= 0.6 is 40.6 Å². The fourth-order valence-corrected chi connectivity index (χ4v) is 0. The van der Waals surface area contributed by atoms with Gasteiger partial charge >= 0.3 is 38.4 Å². The summed E-state index contributed by atoms with van der Waals surface area (Å²) in [7, 11) is 9.92. The standard InChI is InChI=1S/2ClH.HI.Pb/h3*1H;/q;;;+2/p-2.